The van der Waals surface area contributed by atoms with Crippen LogP contribution in [0.15, 0.2) is 47.7 Å². The number of benzene rings is 1. The topological polar surface area (TPSA) is 207 Å². The first-order chi connectivity index (χ1) is 28.8. The Morgan fingerprint density at radius 2 is 1.82 bits per heavy atom. The van der Waals surface area contributed by atoms with E-state index in [4.69, 9.17) is 19.9 Å². The molecule has 3 amide bonds. The van der Waals surface area contributed by atoms with Gasteiger partial charge in [0.05, 0.1) is 69.0 Å². The quantitative estimate of drug-likeness (QED) is 0.0662. The second-order valence-electron chi connectivity index (χ2n) is 14.7. The third kappa shape index (κ3) is 9.51. The Balaban J connectivity index is 0.814. The predicted octanol–water partition coefficient (Wildman–Crippen LogP) is 2.60. The molecule has 0 radical (unpaired) electrons. The van der Waals surface area contributed by atoms with Crippen LogP contribution in [0, 0.1) is 0 Å². The fourth-order valence-corrected chi connectivity index (χ4v) is 7.52. The molecule has 322 valence electrons. The Morgan fingerprint density at radius 1 is 1.07 bits per heavy atom. The molecule has 0 bridgehead atoms. The number of para-hydroxylation sites is 1. The number of carbonyl (C=O) groups excluding carboxylic acids is 3. The number of hydrogen-bond donors (Lipinski definition) is 3. The highest BCUT2D eigenvalue weighted by atomic mass is 19.3. The minimum atomic E-state index is -3.01. The van der Waals surface area contributed by atoms with Crippen LogP contribution in [0.5, 0.6) is 0 Å². The highest BCUT2D eigenvalue weighted by Gasteiger charge is 2.40. The van der Waals surface area contributed by atoms with Crippen LogP contribution in [-0.4, -0.2) is 116 Å². The zero-order valence-electron chi connectivity index (χ0n) is 32.7. The molecule has 6 heterocycles. The summed E-state index contributed by atoms with van der Waals surface area (Å²) in [5.74, 6) is -4.47. The van der Waals surface area contributed by atoms with Gasteiger partial charge in [0.25, 0.3) is 18.3 Å². The lowest BCUT2D eigenvalue weighted by Crippen LogP contribution is -2.52. The first kappa shape index (κ1) is 42.4. The molecule has 4 N–H and O–H groups in total. The molecule has 2 atom stereocenters. The summed E-state index contributed by atoms with van der Waals surface area (Å²) in [6.45, 7) is 1.34. The molecule has 1 aromatic carbocycles. The van der Waals surface area contributed by atoms with Gasteiger partial charge in [0, 0.05) is 51.5 Å². The maximum Gasteiger partial charge on any atom is 0.329 e. The molecule has 2 fully saturated rings. The number of hydrogen-bond acceptors (Lipinski definition) is 12. The van der Waals surface area contributed by atoms with Gasteiger partial charge in [-0.15, -0.1) is 0 Å². The molecular formula is C38H45F4N11O7. The number of imide groups is 1. The van der Waals surface area contributed by atoms with Crippen LogP contribution in [0.2, 0.25) is 0 Å². The van der Waals surface area contributed by atoms with Crippen LogP contribution >= 0.6 is 0 Å². The Morgan fingerprint density at radius 3 is 2.55 bits per heavy atom. The standard InChI is InChI=1S/C38H45F4N11O7/c1-49-32-23(4-2-6-27(32)53(37(49)57)28-7-8-30(54)47-36(28)56)5-3-12-58-14-16-60-17-15-59-13-11-51-21-26(31(48-51)33(39)40)45-35(55)25-19-44-52-10-9-29(46-34(25)52)50-20-24(43)18-38(41,42)22-50/h2,4,6,9-10,19,21,24,28,33H,3,5,7-8,11-18,20,22,43H2,1H3,(H,45,55)(H,47,54,56)/t24-,28?/m1/s1. The molecule has 5 aromatic rings. The first-order valence-electron chi connectivity index (χ1n) is 19.4. The number of aryl methyl sites for hydroxylation is 2. The van der Waals surface area contributed by atoms with Crippen LogP contribution < -0.4 is 27.0 Å². The summed E-state index contributed by atoms with van der Waals surface area (Å²) in [5, 5.41) is 12.8. The van der Waals surface area contributed by atoms with Crippen molar-refractivity contribution in [3.8, 4) is 0 Å². The van der Waals surface area contributed by atoms with Gasteiger partial charge in [-0.1, -0.05) is 12.1 Å². The predicted molar refractivity (Wildman–Crippen MR) is 207 cm³/mol. The maximum absolute atomic E-state index is 14.2. The van der Waals surface area contributed by atoms with Crippen molar-refractivity contribution in [2.45, 2.75) is 63.1 Å². The second-order valence-corrected chi connectivity index (χ2v) is 14.7. The number of carbonyl (C=O) groups is 3. The number of amides is 3. The molecule has 7 rings (SSSR count). The number of rotatable bonds is 18. The molecule has 2 aliphatic rings. The van der Waals surface area contributed by atoms with E-state index in [1.54, 1.807) is 13.1 Å². The van der Waals surface area contributed by atoms with Crippen molar-refractivity contribution < 1.29 is 46.2 Å². The Bertz CT molecular complexity index is 2410. The van der Waals surface area contributed by atoms with Crippen molar-refractivity contribution in [2.75, 3.05) is 62.9 Å². The highest BCUT2D eigenvalue weighted by Crippen LogP contribution is 2.30. The van der Waals surface area contributed by atoms with Gasteiger partial charge in [-0.2, -0.15) is 10.2 Å². The Hall–Kier alpha value is -5.71. The van der Waals surface area contributed by atoms with Crippen molar-refractivity contribution in [3.05, 3.63) is 70.2 Å². The summed E-state index contributed by atoms with van der Waals surface area (Å²) in [5.41, 5.74) is 6.93. The fraction of sp³-hybridized carbons (Fsp3) is 0.500. The molecule has 0 saturated carbocycles. The van der Waals surface area contributed by atoms with Gasteiger partial charge in [0.2, 0.25) is 11.8 Å². The average Bonchev–Trinajstić information content (AvgIpc) is 3.88. The normalized spacial score (nSPS) is 18.2. The summed E-state index contributed by atoms with van der Waals surface area (Å²) in [6, 6.07) is 5.52. The number of halogens is 4. The van der Waals surface area contributed by atoms with Gasteiger partial charge in [0.1, 0.15) is 17.4 Å². The molecule has 1 unspecified atom stereocenters. The summed E-state index contributed by atoms with van der Waals surface area (Å²) in [6.07, 6.45) is 2.20. The smallest absolute Gasteiger partial charge is 0.329 e. The molecule has 4 aromatic heterocycles. The lowest BCUT2D eigenvalue weighted by molar-refractivity contribution is -0.135. The lowest BCUT2D eigenvalue weighted by atomic mass is 10.0. The Kier molecular flexibility index (Phi) is 12.9. The number of piperidine rings is 2. The Labute approximate surface area is 339 Å². The van der Waals surface area contributed by atoms with Gasteiger partial charge >= 0.3 is 5.69 Å². The number of aromatic nitrogens is 7. The molecule has 60 heavy (non-hydrogen) atoms. The van der Waals surface area contributed by atoms with Gasteiger partial charge in [-0.05, 0) is 37.0 Å². The zero-order valence-corrected chi connectivity index (χ0v) is 32.7. The minimum absolute atomic E-state index is 0.0436. The van der Waals surface area contributed by atoms with E-state index in [0.29, 0.717) is 38.2 Å². The van der Waals surface area contributed by atoms with Crippen molar-refractivity contribution in [1.29, 1.82) is 0 Å². The van der Waals surface area contributed by atoms with Crippen LogP contribution in [0.1, 0.15) is 59.8 Å². The van der Waals surface area contributed by atoms with Crippen LogP contribution in [0.3, 0.4) is 0 Å². The monoisotopic (exact) mass is 843 g/mol. The van der Waals surface area contributed by atoms with Gasteiger partial charge < -0.3 is 30.2 Å². The van der Waals surface area contributed by atoms with E-state index >= 15 is 0 Å². The maximum atomic E-state index is 14.2. The minimum Gasteiger partial charge on any atom is -0.379 e. The van der Waals surface area contributed by atoms with Crippen molar-refractivity contribution in [3.63, 3.8) is 0 Å². The van der Waals surface area contributed by atoms with Crippen LogP contribution in [0.25, 0.3) is 16.7 Å². The zero-order chi connectivity index (χ0) is 42.6. The van der Waals surface area contributed by atoms with E-state index in [9.17, 15) is 36.7 Å². The summed E-state index contributed by atoms with van der Waals surface area (Å²) >= 11 is 0. The van der Waals surface area contributed by atoms with Crippen LogP contribution in [-0.2, 0) is 43.8 Å². The van der Waals surface area contributed by atoms with Gasteiger partial charge in [0.15, 0.2) is 11.3 Å². The number of fused-ring (bicyclic) bond motifs is 2. The van der Waals surface area contributed by atoms with E-state index in [0.717, 1.165) is 11.1 Å². The van der Waals surface area contributed by atoms with Crippen molar-refractivity contribution in [1.82, 2.24) is 38.8 Å². The molecule has 0 aliphatic carbocycles. The number of imidazole rings is 1. The van der Waals surface area contributed by atoms with Crippen molar-refractivity contribution in [2.24, 2.45) is 12.8 Å². The van der Waals surface area contributed by atoms with E-state index in [1.807, 2.05) is 12.1 Å². The molecule has 18 nitrogen and oxygen atoms in total. The first-order valence-corrected chi connectivity index (χ1v) is 19.4. The summed E-state index contributed by atoms with van der Waals surface area (Å²) < 4.78 is 78.6. The molecule has 0 spiro atoms. The third-order valence-electron chi connectivity index (χ3n) is 10.3. The second kappa shape index (κ2) is 18.3. The van der Waals surface area contributed by atoms with Gasteiger partial charge in [-0.25, -0.2) is 31.9 Å². The number of nitrogens with one attached hydrogen (secondary N) is 2. The molecular weight excluding hydrogens is 798 g/mol. The van der Waals surface area contributed by atoms with Crippen molar-refractivity contribution >= 4 is 45.9 Å². The number of alkyl halides is 4. The largest absolute Gasteiger partial charge is 0.379 e. The van der Waals surface area contributed by atoms with E-state index in [1.165, 1.54) is 47.9 Å². The van der Waals surface area contributed by atoms with E-state index in [2.05, 4.69) is 25.8 Å². The summed E-state index contributed by atoms with van der Waals surface area (Å²) in [7, 11) is 1.66. The van der Waals surface area contributed by atoms with Gasteiger partial charge in [-0.3, -0.25) is 33.5 Å². The number of nitrogens with zero attached hydrogens (tertiary/aromatic N) is 8. The number of nitrogens with two attached hydrogens (primary N) is 1. The average molecular weight is 844 g/mol. The fourth-order valence-electron chi connectivity index (χ4n) is 7.52. The number of ether oxygens (including phenoxy) is 3. The molecule has 2 saturated heterocycles. The SMILES string of the molecule is Cn1c(=O)n(C2CCC(=O)NC2=O)c2cccc(CCCOCCOCCOCCn3cc(NC(=O)c4cnn5ccc(N6C[C@H](N)CC(F)(F)C6)nc45)c(C(F)F)n3)c21. The molecule has 22 heteroatoms. The van der Waals surface area contributed by atoms with E-state index in [-0.39, 0.29) is 80.1 Å². The summed E-state index contributed by atoms with van der Waals surface area (Å²) in [4.78, 5) is 56.2. The highest BCUT2D eigenvalue weighted by molar-refractivity contribution is 6.08. The van der Waals surface area contributed by atoms with Crippen LogP contribution in [0.4, 0.5) is 29.1 Å². The van der Waals surface area contributed by atoms with E-state index < -0.39 is 54.9 Å². The molecule has 2 aliphatic heterocycles. The number of anilines is 2. The lowest BCUT2D eigenvalue weighted by Gasteiger charge is -2.36. The third-order valence-corrected chi connectivity index (χ3v) is 10.3.